The first-order valence-electron chi connectivity index (χ1n) is 6.41. The SMILES string of the molecule is Clc1c(-c2ccsc2)ccc2c1-c1ccccc1OC2. The monoisotopic (exact) mass is 298 g/mol. The summed E-state index contributed by atoms with van der Waals surface area (Å²) in [4.78, 5) is 0. The van der Waals surface area contributed by atoms with Gasteiger partial charge in [0, 0.05) is 16.7 Å². The lowest BCUT2D eigenvalue weighted by Gasteiger charge is -2.22. The number of thiophene rings is 1. The number of ether oxygens (including phenoxy) is 1. The smallest absolute Gasteiger partial charge is 0.127 e. The van der Waals surface area contributed by atoms with E-state index in [1.807, 2.05) is 18.2 Å². The molecule has 0 saturated carbocycles. The van der Waals surface area contributed by atoms with Gasteiger partial charge in [-0.1, -0.05) is 41.9 Å². The first-order valence-corrected chi connectivity index (χ1v) is 7.73. The molecular weight excluding hydrogens is 288 g/mol. The molecule has 0 bridgehead atoms. The average Bonchev–Trinajstić information content (AvgIpc) is 3.01. The van der Waals surface area contributed by atoms with Crippen molar-refractivity contribution in [1.82, 2.24) is 0 Å². The fourth-order valence-corrected chi connectivity index (χ4v) is 3.67. The van der Waals surface area contributed by atoms with Crippen molar-refractivity contribution in [3.8, 4) is 28.0 Å². The van der Waals surface area contributed by atoms with Gasteiger partial charge in [-0.2, -0.15) is 11.3 Å². The van der Waals surface area contributed by atoms with Gasteiger partial charge < -0.3 is 4.74 Å². The number of hydrogen-bond donors (Lipinski definition) is 0. The minimum Gasteiger partial charge on any atom is -0.488 e. The van der Waals surface area contributed by atoms with E-state index in [1.165, 1.54) is 5.56 Å². The third-order valence-corrected chi connectivity index (χ3v) is 4.68. The van der Waals surface area contributed by atoms with Crippen LogP contribution in [0.4, 0.5) is 0 Å². The van der Waals surface area contributed by atoms with Gasteiger partial charge >= 0.3 is 0 Å². The second-order valence-electron chi connectivity index (χ2n) is 4.76. The molecule has 0 spiro atoms. The quantitative estimate of drug-likeness (QED) is 0.566. The summed E-state index contributed by atoms with van der Waals surface area (Å²) in [5.41, 5.74) is 5.59. The average molecular weight is 299 g/mol. The van der Waals surface area contributed by atoms with Crippen LogP contribution in [0.3, 0.4) is 0 Å². The molecule has 0 aliphatic carbocycles. The molecule has 3 heteroatoms. The lowest BCUT2D eigenvalue weighted by atomic mass is 9.93. The summed E-state index contributed by atoms with van der Waals surface area (Å²) >= 11 is 8.38. The molecule has 1 nitrogen and oxygen atoms in total. The van der Waals surface area contributed by atoms with Crippen molar-refractivity contribution in [2.45, 2.75) is 6.61 Å². The Morgan fingerprint density at radius 3 is 2.75 bits per heavy atom. The highest BCUT2D eigenvalue weighted by molar-refractivity contribution is 7.08. The fraction of sp³-hybridized carbons (Fsp3) is 0.0588. The lowest BCUT2D eigenvalue weighted by Crippen LogP contribution is -2.06. The summed E-state index contributed by atoms with van der Waals surface area (Å²) in [7, 11) is 0. The Morgan fingerprint density at radius 1 is 1.00 bits per heavy atom. The number of hydrogen-bond acceptors (Lipinski definition) is 2. The molecule has 0 unspecified atom stereocenters. The number of benzene rings is 2. The van der Waals surface area contributed by atoms with Gasteiger partial charge in [0.1, 0.15) is 12.4 Å². The maximum atomic E-state index is 6.69. The van der Waals surface area contributed by atoms with Crippen molar-refractivity contribution in [2.75, 3.05) is 0 Å². The Hall–Kier alpha value is -1.77. The molecule has 0 amide bonds. The standard InChI is InChI=1S/C17H11ClOS/c18-17-13(12-7-8-20-10-12)6-5-11-9-19-15-4-2-1-3-14(15)16(11)17/h1-8,10H,9H2. The molecule has 1 aromatic heterocycles. The predicted octanol–water partition coefficient (Wildman–Crippen LogP) is 5.63. The van der Waals surface area contributed by atoms with Gasteiger partial charge in [-0.25, -0.2) is 0 Å². The topological polar surface area (TPSA) is 9.23 Å². The number of para-hydroxylation sites is 1. The molecule has 0 radical (unpaired) electrons. The van der Waals surface area contributed by atoms with Crippen molar-refractivity contribution in [1.29, 1.82) is 0 Å². The highest BCUT2D eigenvalue weighted by Crippen LogP contribution is 2.45. The van der Waals surface area contributed by atoms with Gasteiger partial charge in [-0.15, -0.1) is 0 Å². The normalized spacial score (nSPS) is 12.4. The van der Waals surface area contributed by atoms with Gasteiger partial charge in [0.05, 0.1) is 5.02 Å². The second-order valence-corrected chi connectivity index (χ2v) is 5.92. The Bertz CT molecular complexity index is 778. The summed E-state index contributed by atoms with van der Waals surface area (Å²) in [6.07, 6.45) is 0. The summed E-state index contributed by atoms with van der Waals surface area (Å²) in [5, 5.41) is 5.01. The largest absolute Gasteiger partial charge is 0.488 e. The van der Waals surface area contributed by atoms with E-state index in [-0.39, 0.29) is 0 Å². The third kappa shape index (κ3) is 1.76. The van der Waals surface area contributed by atoms with Gasteiger partial charge in [-0.05, 0) is 34.0 Å². The van der Waals surface area contributed by atoms with Gasteiger partial charge in [0.2, 0.25) is 0 Å². The second kappa shape index (κ2) is 4.65. The van der Waals surface area contributed by atoms with Crippen LogP contribution in [-0.4, -0.2) is 0 Å². The Morgan fingerprint density at radius 2 is 1.90 bits per heavy atom. The van der Waals surface area contributed by atoms with Crippen LogP contribution in [0.15, 0.2) is 53.2 Å². The molecule has 0 saturated heterocycles. The number of rotatable bonds is 1. The molecule has 2 heterocycles. The maximum Gasteiger partial charge on any atom is 0.127 e. The van der Waals surface area contributed by atoms with Crippen LogP contribution in [0.1, 0.15) is 5.56 Å². The molecule has 1 aliphatic rings. The van der Waals surface area contributed by atoms with E-state index in [9.17, 15) is 0 Å². The Labute approximate surface area is 126 Å². The highest BCUT2D eigenvalue weighted by Gasteiger charge is 2.21. The molecule has 0 fully saturated rings. The molecule has 98 valence electrons. The number of fused-ring (bicyclic) bond motifs is 3. The zero-order valence-corrected chi connectivity index (χ0v) is 12.2. The van der Waals surface area contributed by atoms with Crippen molar-refractivity contribution in [2.24, 2.45) is 0 Å². The molecule has 3 aromatic rings. The summed E-state index contributed by atoms with van der Waals surface area (Å²) in [5.74, 6) is 0.907. The van der Waals surface area contributed by atoms with Crippen LogP contribution in [0.5, 0.6) is 5.75 Å². The van der Waals surface area contributed by atoms with Gasteiger partial charge in [-0.3, -0.25) is 0 Å². The molecule has 0 N–H and O–H groups in total. The van der Waals surface area contributed by atoms with E-state index in [1.54, 1.807) is 11.3 Å². The lowest BCUT2D eigenvalue weighted by molar-refractivity contribution is 0.302. The van der Waals surface area contributed by atoms with Crippen molar-refractivity contribution in [3.63, 3.8) is 0 Å². The first-order chi connectivity index (χ1) is 9.84. The van der Waals surface area contributed by atoms with Gasteiger partial charge in [0.15, 0.2) is 0 Å². The van der Waals surface area contributed by atoms with Gasteiger partial charge in [0.25, 0.3) is 0 Å². The van der Waals surface area contributed by atoms with Crippen molar-refractivity contribution in [3.05, 3.63) is 63.8 Å². The minimum atomic E-state index is 0.579. The Balaban J connectivity index is 1.99. The summed E-state index contributed by atoms with van der Waals surface area (Å²) in [6.45, 7) is 0.579. The highest BCUT2D eigenvalue weighted by atomic mass is 35.5. The van der Waals surface area contributed by atoms with E-state index in [0.717, 1.165) is 33.0 Å². The third-order valence-electron chi connectivity index (χ3n) is 3.60. The molecule has 20 heavy (non-hydrogen) atoms. The van der Waals surface area contributed by atoms with E-state index in [4.69, 9.17) is 16.3 Å². The predicted molar refractivity (Wildman–Crippen MR) is 84.5 cm³/mol. The minimum absolute atomic E-state index is 0.579. The van der Waals surface area contributed by atoms with E-state index >= 15 is 0 Å². The van der Waals surface area contributed by atoms with Crippen LogP contribution in [-0.2, 0) is 6.61 Å². The molecular formula is C17H11ClOS. The van der Waals surface area contributed by atoms with Crippen LogP contribution >= 0.6 is 22.9 Å². The summed E-state index contributed by atoms with van der Waals surface area (Å²) < 4.78 is 5.78. The van der Waals surface area contributed by atoms with Crippen molar-refractivity contribution >= 4 is 22.9 Å². The molecule has 4 rings (SSSR count). The molecule has 2 aromatic carbocycles. The zero-order chi connectivity index (χ0) is 13.5. The maximum absolute atomic E-state index is 6.69. The summed E-state index contributed by atoms with van der Waals surface area (Å²) in [6, 6.07) is 14.4. The van der Waals surface area contributed by atoms with Crippen LogP contribution in [0.2, 0.25) is 5.02 Å². The zero-order valence-electron chi connectivity index (χ0n) is 10.6. The van der Waals surface area contributed by atoms with E-state index in [2.05, 4.69) is 35.0 Å². The number of halogens is 1. The van der Waals surface area contributed by atoms with Crippen LogP contribution in [0, 0.1) is 0 Å². The molecule has 1 aliphatic heterocycles. The molecule has 0 atom stereocenters. The van der Waals surface area contributed by atoms with Crippen LogP contribution < -0.4 is 4.74 Å². The van der Waals surface area contributed by atoms with E-state index in [0.29, 0.717) is 6.61 Å². The Kier molecular flexibility index (Phi) is 2.79. The van der Waals surface area contributed by atoms with Crippen LogP contribution in [0.25, 0.3) is 22.3 Å². The van der Waals surface area contributed by atoms with E-state index < -0.39 is 0 Å². The fourth-order valence-electron chi connectivity index (χ4n) is 2.62. The van der Waals surface area contributed by atoms with Crippen molar-refractivity contribution < 1.29 is 4.74 Å². The first kappa shape index (κ1) is 12.0.